The van der Waals surface area contributed by atoms with Gasteiger partial charge in [0.15, 0.2) is 0 Å². The van der Waals surface area contributed by atoms with Crippen molar-refractivity contribution in [3.8, 4) is 0 Å². The quantitative estimate of drug-likeness (QED) is 0.657. The fourth-order valence-electron chi connectivity index (χ4n) is 0.806. The lowest BCUT2D eigenvalue weighted by atomic mass is 10.3. The maximum Gasteiger partial charge on any atom is 0.315 e. The number of nitrogens with one attached hydrogen (secondary N) is 1. The average Bonchev–Trinajstić information content (AvgIpc) is 2.13. The minimum Gasteiger partial charge on any atom is -0.318 e. The van der Waals surface area contributed by atoms with Crippen molar-refractivity contribution in [1.29, 1.82) is 0 Å². The first-order valence-electron chi connectivity index (χ1n) is 3.65. The molecule has 0 aliphatic carbocycles. The van der Waals surface area contributed by atoms with Crippen LogP contribution >= 0.6 is 15.9 Å². The number of hydrogen-bond acceptors (Lipinski definition) is 1. The summed E-state index contributed by atoms with van der Waals surface area (Å²) in [6.45, 7) is 0. The zero-order chi connectivity index (χ0) is 11.6. The van der Waals surface area contributed by atoms with E-state index in [0.717, 1.165) is 6.07 Å². The first-order valence-corrected chi connectivity index (χ1v) is 4.44. The predicted molar refractivity (Wildman–Crippen MR) is 48.7 cm³/mol. The molecule has 0 atom stereocenters. The van der Waals surface area contributed by atoms with Crippen LogP contribution in [-0.2, 0) is 4.79 Å². The van der Waals surface area contributed by atoms with E-state index >= 15 is 0 Å². The van der Waals surface area contributed by atoms with Crippen LogP contribution in [0.4, 0.5) is 23.2 Å². The van der Waals surface area contributed by atoms with Crippen molar-refractivity contribution >= 4 is 27.5 Å². The molecule has 1 rings (SSSR count). The Morgan fingerprint density at radius 1 is 1.27 bits per heavy atom. The van der Waals surface area contributed by atoms with E-state index in [-0.39, 0.29) is 4.47 Å². The summed E-state index contributed by atoms with van der Waals surface area (Å²) >= 11 is 2.70. The van der Waals surface area contributed by atoms with E-state index in [1.54, 1.807) is 5.32 Å². The molecule has 0 aliphatic heterocycles. The van der Waals surface area contributed by atoms with Crippen molar-refractivity contribution in [3.05, 3.63) is 28.2 Å². The molecule has 82 valence electrons. The zero-order valence-electron chi connectivity index (χ0n) is 7.03. The molecule has 0 fully saturated rings. The summed E-state index contributed by atoms with van der Waals surface area (Å²) in [6.07, 6.45) is -3.28. The van der Waals surface area contributed by atoms with Gasteiger partial charge in [-0.1, -0.05) is 0 Å². The molecule has 0 heterocycles. The number of rotatable bonds is 2. The van der Waals surface area contributed by atoms with Crippen LogP contribution in [0.5, 0.6) is 0 Å². The molecule has 0 aromatic heterocycles. The molecule has 0 bridgehead atoms. The van der Waals surface area contributed by atoms with Crippen molar-refractivity contribution in [3.63, 3.8) is 0 Å². The minimum atomic E-state index is -3.28. The fraction of sp³-hybridized carbons (Fsp3) is 0.125. The van der Waals surface area contributed by atoms with Gasteiger partial charge in [0.2, 0.25) is 0 Å². The molecular weight excluding hydrogens is 282 g/mol. The highest BCUT2D eigenvalue weighted by Crippen LogP contribution is 2.23. The van der Waals surface area contributed by atoms with Gasteiger partial charge in [0, 0.05) is 6.07 Å². The van der Waals surface area contributed by atoms with E-state index in [1.165, 1.54) is 0 Å². The van der Waals surface area contributed by atoms with Gasteiger partial charge >= 0.3 is 6.43 Å². The Kier molecular flexibility index (Phi) is 3.67. The second-order valence-corrected chi connectivity index (χ2v) is 3.39. The lowest BCUT2D eigenvalue weighted by molar-refractivity contribution is -0.126. The number of carbonyl (C=O) groups excluding carboxylic acids is 1. The Morgan fingerprint density at radius 2 is 1.87 bits per heavy atom. The van der Waals surface area contributed by atoms with Crippen molar-refractivity contribution in [2.75, 3.05) is 5.32 Å². The van der Waals surface area contributed by atoms with Crippen molar-refractivity contribution in [1.82, 2.24) is 0 Å². The van der Waals surface area contributed by atoms with Crippen LogP contribution in [0.1, 0.15) is 0 Å². The number of amides is 1. The highest BCUT2D eigenvalue weighted by Gasteiger charge is 2.18. The topological polar surface area (TPSA) is 29.1 Å². The molecule has 7 heteroatoms. The summed E-state index contributed by atoms with van der Waals surface area (Å²) in [5, 5.41) is 1.55. The van der Waals surface area contributed by atoms with Gasteiger partial charge in [0.1, 0.15) is 11.6 Å². The molecule has 0 unspecified atom stereocenters. The minimum absolute atomic E-state index is 0.157. The van der Waals surface area contributed by atoms with Crippen LogP contribution in [-0.4, -0.2) is 12.3 Å². The summed E-state index contributed by atoms with van der Waals surface area (Å²) < 4.78 is 49.3. The van der Waals surface area contributed by atoms with Gasteiger partial charge in [-0.15, -0.1) is 0 Å². The molecule has 1 aromatic carbocycles. The van der Waals surface area contributed by atoms with Crippen molar-refractivity contribution in [2.24, 2.45) is 0 Å². The second kappa shape index (κ2) is 4.61. The van der Waals surface area contributed by atoms with E-state index in [4.69, 9.17) is 0 Å². The van der Waals surface area contributed by atoms with Gasteiger partial charge in [0.05, 0.1) is 10.2 Å². The maximum absolute atomic E-state index is 13.0. The number of alkyl halides is 2. The van der Waals surface area contributed by atoms with E-state index < -0.39 is 29.7 Å². The molecular formula is C8H4BrF4NO. The Hall–Kier alpha value is -1.11. The molecule has 0 aliphatic rings. The summed E-state index contributed by atoms with van der Waals surface area (Å²) in [6, 6.07) is 1.34. The third kappa shape index (κ3) is 2.92. The Bertz CT molecular complexity index is 396. The van der Waals surface area contributed by atoms with Gasteiger partial charge in [0.25, 0.3) is 5.91 Å². The third-order valence-corrected chi connectivity index (χ3v) is 2.07. The SMILES string of the molecule is O=C(Nc1cc(F)c(Br)cc1F)C(F)F. The van der Waals surface area contributed by atoms with Crippen LogP contribution in [0.3, 0.4) is 0 Å². The summed E-state index contributed by atoms with van der Waals surface area (Å²) in [4.78, 5) is 10.5. The summed E-state index contributed by atoms with van der Waals surface area (Å²) in [5.41, 5.74) is -0.624. The van der Waals surface area contributed by atoms with Gasteiger partial charge < -0.3 is 5.32 Å². The van der Waals surface area contributed by atoms with Gasteiger partial charge in [-0.3, -0.25) is 4.79 Å². The molecule has 0 radical (unpaired) electrons. The largest absolute Gasteiger partial charge is 0.318 e. The van der Waals surface area contributed by atoms with Gasteiger partial charge in [-0.25, -0.2) is 8.78 Å². The zero-order valence-corrected chi connectivity index (χ0v) is 8.62. The summed E-state index contributed by atoms with van der Waals surface area (Å²) in [5.74, 6) is -3.55. The van der Waals surface area contributed by atoms with Crippen LogP contribution < -0.4 is 5.32 Å². The van der Waals surface area contributed by atoms with Crippen LogP contribution in [0.2, 0.25) is 0 Å². The standard InChI is InChI=1S/C8H4BrF4NO/c9-3-1-5(11)6(2-4(3)10)14-8(15)7(12)13/h1-2,7H,(H,14,15). The average molecular weight is 286 g/mol. The van der Waals surface area contributed by atoms with Crippen LogP contribution in [0.25, 0.3) is 0 Å². The molecule has 0 saturated carbocycles. The van der Waals surface area contributed by atoms with Crippen LogP contribution in [0, 0.1) is 11.6 Å². The number of carbonyl (C=O) groups is 1. The molecule has 1 N–H and O–H groups in total. The Balaban J connectivity index is 2.96. The lowest BCUT2D eigenvalue weighted by Crippen LogP contribution is -2.20. The normalized spacial score (nSPS) is 10.5. The smallest absolute Gasteiger partial charge is 0.315 e. The van der Waals surface area contributed by atoms with E-state index in [2.05, 4.69) is 15.9 Å². The van der Waals surface area contributed by atoms with Crippen molar-refractivity contribution < 1.29 is 22.4 Å². The highest BCUT2D eigenvalue weighted by molar-refractivity contribution is 9.10. The van der Waals surface area contributed by atoms with E-state index in [9.17, 15) is 22.4 Å². The van der Waals surface area contributed by atoms with Crippen LogP contribution in [0.15, 0.2) is 16.6 Å². The third-order valence-electron chi connectivity index (χ3n) is 1.47. The van der Waals surface area contributed by atoms with E-state index in [1.807, 2.05) is 0 Å². The maximum atomic E-state index is 13.0. The van der Waals surface area contributed by atoms with Crippen molar-refractivity contribution in [2.45, 2.75) is 6.43 Å². The number of hydrogen-bond donors (Lipinski definition) is 1. The molecule has 2 nitrogen and oxygen atoms in total. The fourth-order valence-corrected chi connectivity index (χ4v) is 1.12. The monoisotopic (exact) mass is 285 g/mol. The molecule has 1 amide bonds. The lowest BCUT2D eigenvalue weighted by Gasteiger charge is -2.06. The number of benzene rings is 1. The number of halogens is 5. The Labute approximate surface area is 90.4 Å². The molecule has 15 heavy (non-hydrogen) atoms. The van der Waals surface area contributed by atoms with E-state index in [0.29, 0.717) is 6.07 Å². The van der Waals surface area contributed by atoms with Gasteiger partial charge in [-0.05, 0) is 22.0 Å². The first kappa shape index (κ1) is 12.0. The second-order valence-electron chi connectivity index (χ2n) is 2.54. The highest BCUT2D eigenvalue weighted by atomic mass is 79.9. The Morgan fingerprint density at radius 3 is 2.40 bits per heavy atom. The number of anilines is 1. The molecule has 0 saturated heterocycles. The first-order chi connectivity index (χ1) is 6.91. The summed E-state index contributed by atoms with van der Waals surface area (Å²) in [7, 11) is 0. The molecule has 1 aromatic rings. The molecule has 0 spiro atoms. The predicted octanol–water partition coefficient (Wildman–Crippen LogP) is 2.93. The van der Waals surface area contributed by atoms with Gasteiger partial charge in [-0.2, -0.15) is 8.78 Å².